The van der Waals surface area contributed by atoms with Gasteiger partial charge in [-0.25, -0.2) is 4.98 Å². The second-order valence-corrected chi connectivity index (χ2v) is 8.21. The number of aryl methyl sites for hydroxylation is 1. The van der Waals surface area contributed by atoms with Gasteiger partial charge in [0.1, 0.15) is 18.1 Å². The van der Waals surface area contributed by atoms with E-state index in [1.165, 1.54) is 11.5 Å². The van der Waals surface area contributed by atoms with E-state index in [0.29, 0.717) is 17.1 Å². The third-order valence-corrected chi connectivity index (χ3v) is 5.81. The molecule has 0 unspecified atom stereocenters. The van der Waals surface area contributed by atoms with Crippen LogP contribution >= 0.6 is 0 Å². The molecule has 2 heterocycles. The number of anilines is 1. The van der Waals surface area contributed by atoms with Gasteiger partial charge in [0, 0.05) is 6.07 Å². The summed E-state index contributed by atoms with van der Waals surface area (Å²) in [5.74, 6) is 0.229. The SMILES string of the molecule is COc1ccc(C)cc1NC(=O)c1cc2ccccc2cc1OCc1nc2ccccn2c1[N+](=O)[O-]. The smallest absolute Gasteiger partial charge is 0.354 e. The Hall–Kier alpha value is -4.92. The van der Waals surface area contributed by atoms with E-state index in [-0.39, 0.29) is 29.4 Å². The van der Waals surface area contributed by atoms with Crippen molar-refractivity contribution in [1.29, 1.82) is 0 Å². The summed E-state index contributed by atoms with van der Waals surface area (Å²) in [4.78, 5) is 29.0. The number of methoxy groups -OCH3 is 1. The first-order chi connectivity index (χ1) is 17.4. The monoisotopic (exact) mass is 482 g/mol. The topological polar surface area (TPSA) is 108 Å². The number of nitro groups is 1. The van der Waals surface area contributed by atoms with Crippen molar-refractivity contribution in [1.82, 2.24) is 9.38 Å². The zero-order valence-electron chi connectivity index (χ0n) is 19.6. The average Bonchev–Trinajstić information content (AvgIpc) is 3.25. The van der Waals surface area contributed by atoms with Crippen molar-refractivity contribution in [2.75, 3.05) is 12.4 Å². The van der Waals surface area contributed by atoms with Gasteiger partial charge < -0.3 is 24.9 Å². The van der Waals surface area contributed by atoms with Crippen molar-refractivity contribution in [2.24, 2.45) is 0 Å². The van der Waals surface area contributed by atoms with E-state index >= 15 is 0 Å². The molecule has 5 rings (SSSR count). The fourth-order valence-electron chi connectivity index (χ4n) is 4.09. The van der Waals surface area contributed by atoms with E-state index in [1.54, 1.807) is 42.6 Å². The fraction of sp³-hybridized carbons (Fsp3) is 0.111. The van der Waals surface area contributed by atoms with Crippen molar-refractivity contribution >= 4 is 33.8 Å². The third-order valence-electron chi connectivity index (χ3n) is 5.81. The average molecular weight is 482 g/mol. The van der Waals surface area contributed by atoms with Gasteiger partial charge in [-0.15, -0.1) is 0 Å². The summed E-state index contributed by atoms with van der Waals surface area (Å²) >= 11 is 0. The van der Waals surface area contributed by atoms with Crippen LogP contribution in [0, 0.1) is 17.0 Å². The zero-order valence-corrected chi connectivity index (χ0v) is 19.6. The van der Waals surface area contributed by atoms with Crippen LogP contribution < -0.4 is 14.8 Å². The van der Waals surface area contributed by atoms with Gasteiger partial charge in [0.15, 0.2) is 5.69 Å². The number of rotatable bonds is 7. The lowest BCUT2D eigenvalue weighted by Crippen LogP contribution is -2.15. The minimum absolute atomic E-state index is 0.158. The second kappa shape index (κ2) is 9.38. The molecule has 9 heteroatoms. The van der Waals surface area contributed by atoms with Crippen LogP contribution in [0.1, 0.15) is 21.6 Å². The van der Waals surface area contributed by atoms with Gasteiger partial charge in [-0.2, -0.15) is 4.40 Å². The predicted molar refractivity (Wildman–Crippen MR) is 136 cm³/mol. The van der Waals surface area contributed by atoms with E-state index in [2.05, 4.69) is 10.3 Å². The predicted octanol–water partition coefficient (Wildman–Crippen LogP) is 5.54. The summed E-state index contributed by atoms with van der Waals surface area (Å²) in [6.45, 7) is 1.73. The molecule has 0 bridgehead atoms. The number of hydrogen-bond acceptors (Lipinski definition) is 6. The number of nitrogens with zero attached hydrogens (tertiary/aromatic N) is 3. The standard InChI is InChI=1S/C27H22N4O5/c1-17-10-11-23(35-2)21(13-17)29-26(32)20-14-18-7-3-4-8-19(18)15-24(20)36-16-22-27(31(33)34)30-12-6-5-9-25(30)28-22/h3-15H,16H2,1-2H3,(H,29,32). The number of imidazole rings is 1. The van der Waals surface area contributed by atoms with Crippen molar-refractivity contribution < 1.29 is 19.2 Å². The van der Waals surface area contributed by atoms with Gasteiger partial charge in [-0.1, -0.05) is 36.4 Å². The molecule has 3 aromatic carbocycles. The third kappa shape index (κ3) is 4.29. The number of benzene rings is 3. The fourth-order valence-corrected chi connectivity index (χ4v) is 4.09. The van der Waals surface area contributed by atoms with Crippen molar-refractivity contribution in [2.45, 2.75) is 13.5 Å². The van der Waals surface area contributed by atoms with Crippen LogP contribution in [0.5, 0.6) is 11.5 Å². The number of carbonyl (C=O) groups is 1. The Morgan fingerprint density at radius 3 is 2.53 bits per heavy atom. The molecule has 2 aromatic heterocycles. The van der Waals surface area contributed by atoms with Crippen LogP contribution in [0.2, 0.25) is 0 Å². The molecule has 0 fully saturated rings. The Kier molecular flexibility index (Phi) is 5.95. The lowest BCUT2D eigenvalue weighted by atomic mass is 10.0. The maximum atomic E-state index is 13.4. The first-order valence-corrected chi connectivity index (χ1v) is 11.2. The van der Waals surface area contributed by atoms with Gasteiger partial charge in [0.25, 0.3) is 5.91 Å². The van der Waals surface area contributed by atoms with Gasteiger partial charge in [-0.05, 0) is 58.5 Å². The van der Waals surface area contributed by atoms with Crippen LogP contribution in [-0.4, -0.2) is 27.3 Å². The van der Waals surface area contributed by atoms with Gasteiger partial charge in [0.05, 0.1) is 24.6 Å². The van der Waals surface area contributed by atoms with Crippen molar-refractivity contribution in [3.8, 4) is 11.5 Å². The summed E-state index contributed by atoms with van der Waals surface area (Å²) < 4.78 is 12.8. The number of amides is 1. The zero-order chi connectivity index (χ0) is 25.2. The lowest BCUT2D eigenvalue weighted by molar-refractivity contribution is -0.391. The molecule has 1 amide bonds. The minimum atomic E-state index is -0.489. The first-order valence-electron chi connectivity index (χ1n) is 11.2. The van der Waals surface area contributed by atoms with E-state index < -0.39 is 10.8 Å². The molecule has 0 saturated carbocycles. The Morgan fingerprint density at radius 1 is 1.03 bits per heavy atom. The molecule has 36 heavy (non-hydrogen) atoms. The van der Waals surface area contributed by atoms with E-state index in [4.69, 9.17) is 9.47 Å². The Bertz CT molecular complexity index is 1630. The molecule has 0 spiro atoms. The van der Waals surface area contributed by atoms with Gasteiger partial charge in [-0.3, -0.25) is 4.79 Å². The number of nitrogens with one attached hydrogen (secondary N) is 1. The summed E-state index contributed by atoms with van der Waals surface area (Å²) in [6.07, 6.45) is 1.58. The number of carbonyl (C=O) groups excluding carboxylic acids is 1. The molecule has 0 atom stereocenters. The normalized spacial score (nSPS) is 10.9. The minimum Gasteiger partial charge on any atom is -0.495 e. The van der Waals surface area contributed by atoms with Gasteiger partial charge >= 0.3 is 5.82 Å². The van der Waals surface area contributed by atoms with Crippen LogP contribution in [0.4, 0.5) is 11.5 Å². The highest BCUT2D eigenvalue weighted by atomic mass is 16.6. The lowest BCUT2D eigenvalue weighted by Gasteiger charge is -2.15. The number of aromatic nitrogens is 2. The maximum absolute atomic E-state index is 13.4. The Balaban J connectivity index is 1.52. The molecule has 9 nitrogen and oxygen atoms in total. The summed E-state index contributed by atoms with van der Waals surface area (Å²) in [5.41, 5.74) is 2.36. The molecular formula is C27H22N4O5. The quantitative estimate of drug-likeness (QED) is 0.241. The molecule has 1 N–H and O–H groups in total. The van der Waals surface area contributed by atoms with E-state index in [9.17, 15) is 14.9 Å². The van der Waals surface area contributed by atoms with E-state index in [1.807, 2.05) is 43.3 Å². The van der Waals surface area contributed by atoms with Crippen molar-refractivity contribution in [3.05, 3.63) is 106 Å². The Labute approximate surface area is 206 Å². The van der Waals surface area contributed by atoms with Crippen molar-refractivity contribution in [3.63, 3.8) is 0 Å². The highest BCUT2D eigenvalue weighted by Crippen LogP contribution is 2.31. The van der Waals surface area contributed by atoms with Crippen LogP contribution in [0.15, 0.2) is 79.0 Å². The number of ether oxygens (including phenoxy) is 2. The molecule has 0 aliphatic heterocycles. The number of fused-ring (bicyclic) bond motifs is 2. The largest absolute Gasteiger partial charge is 0.495 e. The molecule has 0 saturated heterocycles. The van der Waals surface area contributed by atoms with Gasteiger partial charge in [0.2, 0.25) is 5.65 Å². The molecule has 5 aromatic rings. The molecule has 0 radical (unpaired) electrons. The van der Waals surface area contributed by atoms with Crippen LogP contribution in [-0.2, 0) is 6.61 Å². The maximum Gasteiger partial charge on any atom is 0.354 e. The highest BCUT2D eigenvalue weighted by Gasteiger charge is 2.24. The molecule has 0 aliphatic carbocycles. The Morgan fingerprint density at radius 2 is 1.78 bits per heavy atom. The summed E-state index contributed by atoms with van der Waals surface area (Å²) in [5, 5.41) is 16.4. The summed E-state index contributed by atoms with van der Waals surface area (Å²) in [6, 6.07) is 21.7. The first kappa shape index (κ1) is 22.9. The second-order valence-electron chi connectivity index (χ2n) is 8.21. The number of hydrogen-bond donors (Lipinski definition) is 1. The highest BCUT2D eigenvalue weighted by molar-refractivity contribution is 6.09. The van der Waals surface area contributed by atoms with E-state index in [0.717, 1.165) is 16.3 Å². The number of pyridine rings is 1. The summed E-state index contributed by atoms with van der Waals surface area (Å²) in [7, 11) is 1.53. The molecule has 180 valence electrons. The molecular weight excluding hydrogens is 460 g/mol. The van der Waals surface area contributed by atoms with Crippen LogP contribution in [0.3, 0.4) is 0 Å². The van der Waals surface area contributed by atoms with Crippen LogP contribution in [0.25, 0.3) is 16.4 Å². The molecule has 0 aliphatic rings.